The average molecular weight is 243 g/mol. The molecule has 3 aromatic rings. The molecule has 4 nitrogen and oxygen atoms in total. The fraction of sp³-hybridized carbons (Fsp3) is 0.0833. The molecule has 3 rings (SSSR count). The lowest BCUT2D eigenvalue weighted by Crippen LogP contribution is -2.05. The summed E-state index contributed by atoms with van der Waals surface area (Å²) in [6.07, 6.45) is 4.94. The largest absolute Gasteiger partial charge is 0.313 e. The Kier molecular flexibility index (Phi) is 2.26. The molecule has 17 heavy (non-hydrogen) atoms. The molecule has 0 amide bonds. The van der Waals surface area contributed by atoms with Crippen molar-refractivity contribution in [3.8, 4) is 10.4 Å². The highest BCUT2D eigenvalue weighted by Gasteiger charge is 2.13. The molecule has 0 aliphatic carbocycles. The Bertz CT molecular complexity index is 730. The highest BCUT2D eigenvalue weighted by Crippen LogP contribution is 2.34. The van der Waals surface area contributed by atoms with Crippen LogP contribution in [0.25, 0.3) is 20.7 Å². The molecule has 0 aliphatic rings. The molecule has 0 spiro atoms. The van der Waals surface area contributed by atoms with Crippen molar-refractivity contribution in [2.24, 2.45) is 0 Å². The summed E-state index contributed by atoms with van der Waals surface area (Å²) in [4.78, 5) is 24.4. The third-order valence-electron chi connectivity index (χ3n) is 2.68. The number of rotatable bonds is 1. The van der Waals surface area contributed by atoms with Crippen LogP contribution in [0.4, 0.5) is 0 Å². The number of thiophene rings is 1. The van der Waals surface area contributed by atoms with E-state index in [1.54, 1.807) is 12.4 Å². The van der Waals surface area contributed by atoms with Gasteiger partial charge in [-0.05, 0) is 30.2 Å². The van der Waals surface area contributed by atoms with Crippen LogP contribution in [0.2, 0.25) is 0 Å². The first-order valence-corrected chi connectivity index (χ1v) is 5.96. The van der Waals surface area contributed by atoms with Gasteiger partial charge in [0.05, 0.1) is 11.7 Å². The number of nitrogens with one attached hydrogen (secondary N) is 1. The fourth-order valence-corrected chi connectivity index (χ4v) is 3.01. The van der Waals surface area contributed by atoms with Crippen LogP contribution in [0.3, 0.4) is 0 Å². The third-order valence-corrected chi connectivity index (χ3v) is 3.92. The predicted molar refractivity (Wildman–Crippen MR) is 68.2 cm³/mol. The topological polar surface area (TPSA) is 58.6 Å². The van der Waals surface area contributed by atoms with Gasteiger partial charge in [0.15, 0.2) is 0 Å². The van der Waals surface area contributed by atoms with Crippen molar-refractivity contribution in [3.63, 3.8) is 0 Å². The molecule has 0 bridgehead atoms. The van der Waals surface area contributed by atoms with E-state index >= 15 is 0 Å². The Labute approximate surface area is 101 Å². The van der Waals surface area contributed by atoms with Crippen molar-refractivity contribution in [1.82, 2.24) is 15.0 Å². The number of nitrogens with zero attached hydrogens (tertiary/aromatic N) is 2. The molecule has 0 saturated carbocycles. The zero-order valence-corrected chi connectivity index (χ0v) is 9.91. The van der Waals surface area contributed by atoms with Crippen LogP contribution in [0, 0.1) is 6.92 Å². The van der Waals surface area contributed by atoms with Crippen molar-refractivity contribution in [2.45, 2.75) is 6.92 Å². The van der Waals surface area contributed by atoms with Gasteiger partial charge in [-0.3, -0.25) is 9.78 Å². The molecule has 3 aromatic heterocycles. The standard InChI is InChI=1S/C12H9N3OS/c1-7-9-11(16)14-6-15-12(9)17-10(7)8-2-4-13-5-3-8/h2-6H,1H3,(H,14,15,16). The monoisotopic (exact) mass is 243 g/mol. The molecular formula is C12H9N3OS. The van der Waals surface area contributed by atoms with E-state index in [9.17, 15) is 4.79 Å². The first kappa shape index (κ1) is 10.2. The molecule has 84 valence electrons. The van der Waals surface area contributed by atoms with Crippen molar-refractivity contribution < 1.29 is 0 Å². The number of aromatic amines is 1. The number of fused-ring (bicyclic) bond motifs is 1. The minimum atomic E-state index is -0.0796. The van der Waals surface area contributed by atoms with Crippen molar-refractivity contribution >= 4 is 21.6 Å². The minimum absolute atomic E-state index is 0.0796. The molecular weight excluding hydrogens is 234 g/mol. The molecule has 0 radical (unpaired) electrons. The molecule has 0 saturated heterocycles. The maximum absolute atomic E-state index is 11.7. The van der Waals surface area contributed by atoms with Crippen molar-refractivity contribution in [3.05, 3.63) is 46.8 Å². The maximum atomic E-state index is 11.7. The van der Waals surface area contributed by atoms with Gasteiger partial charge >= 0.3 is 0 Å². The molecule has 0 aromatic carbocycles. The van der Waals surface area contributed by atoms with Gasteiger partial charge in [0, 0.05) is 17.3 Å². The summed E-state index contributed by atoms with van der Waals surface area (Å²) in [5, 5.41) is 0.685. The van der Waals surface area contributed by atoms with Crippen LogP contribution in [-0.4, -0.2) is 15.0 Å². The second-order valence-electron chi connectivity index (χ2n) is 3.70. The first-order chi connectivity index (χ1) is 8.27. The summed E-state index contributed by atoms with van der Waals surface area (Å²) in [6, 6.07) is 3.87. The molecule has 0 fully saturated rings. The summed E-state index contributed by atoms with van der Waals surface area (Å²) >= 11 is 1.53. The third kappa shape index (κ3) is 1.55. The van der Waals surface area contributed by atoms with Crippen LogP contribution in [-0.2, 0) is 0 Å². The van der Waals surface area contributed by atoms with Gasteiger partial charge in [0.2, 0.25) is 0 Å². The van der Waals surface area contributed by atoms with E-state index in [0.717, 1.165) is 20.8 Å². The van der Waals surface area contributed by atoms with Crippen LogP contribution in [0.1, 0.15) is 5.56 Å². The van der Waals surface area contributed by atoms with Gasteiger partial charge in [-0.15, -0.1) is 11.3 Å². The van der Waals surface area contributed by atoms with E-state index in [-0.39, 0.29) is 5.56 Å². The van der Waals surface area contributed by atoms with E-state index in [1.807, 2.05) is 19.1 Å². The highest BCUT2D eigenvalue weighted by atomic mass is 32.1. The Morgan fingerprint density at radius 1 is 1.29 bits per heavy atom. The zero-order chi connectivity index (χ0) is 11.8. The summed E-state index contributed by atoms with van der Waals surface area (Å²) in [6.45, 7) is 1.95. The quantitative estimate of drug-likeness (QED) is 0.713. The lowest BCUT2D eigenvalue weighted by Gasteiger charge is -1.97. The minimum Gasteiger partial charge on any atom is -0.313 e. The SMILES string of the molecule is Cc1c(-c2ccncc2)sc2nc[nH]c(=O)c12. The van der Waals surface area contributed by atoms with Crippen LogP contribution >= 0.6 is 11.3 Å². The Hall–Kier alpha value is -2.01. The smallest absolute Gasteiger partial charge is 0.259 e. The predicted octanol–water partition coefficient (Wildman–Crippen LogP) is 2.36. The fourth-order valence-electron chi connectivity index (χ4n) is 1.86. The van der Waals surface area contributed by atoms with Crippen molar-refractivity contribution in [1.29, 1.82) is 0 Å². The summed E-state index contributed by atoms with van der Waals surface area (Å²) < 4.78 is 0. The lowest BCUT2D eigenvalue weighted by atomic mass is 10.1. The zero-order valence-electron chi connectivity index (χ0n) is 9.10. The number of H-pyrrole nitrogens is 1. The van der Waals surface area contributed by atoms with Gasteiger partial charge in [0.25, 0.3) is 5.56 Å². The summed E-state index contributed by atoms with van der Waals surface area (Å²) in [5.41, 5.74) is 1.97. The molecule has 0 aliphatic heterocycles. The molecule has 1 N–H and O–H groups in total. The Balaban J connectivity index is 2.37. The van der Waals surface area contributed by atoms with E-state index in [0.29, 0.717) is 5.39 Å². The van der Waals surface area contributed by atoms with Crippen LogP contribution < -0.4 is 5.56 Å². The number of pyridine rings is 1. The number of aryl methyl sites for hydroxylation is 1. The molecule has 0 unspecified atom stereocenters. The van der Waals surface area contributed by atoms with Gasteiger partial charge in [-0.25, -0.2) is 4.98 Å². The molecule has 0 atom stereocenters. The van der Waals surface area contributed by atoms with Gasteiger partial charge in [0.1, 0.15) is 4.83 Å². The number of aromatic nitrogens is 3. The first-order valence-electron chi connectivity index (χ1n) is 5.14. The second kappa shape index (κ2) is 3.78. The Morgan fingerprint density at radius 2 is 2.06 bits per heavy atom. The summed E-state index contributed by atoms with van der Waals surface area (Å²) in [5.74, 6) is 0. The second-order valence-corrected chi connectivity index (χ2v) is 4.70. The number of hydrogen-bond donors (Lipinski definition) is 1. The molecule has 5 heteroatoms. The van der Waals surface area contributed by atoms with Gasteiger partial charge in [-0.2, -0.15) is 0 Å². The van der Waals surface area contributed by atoms with E-state index in [1.165, 1.54) is 17.7 Å². The summed E-state index contributed by atoms with van der Waals surface area (Å²) in [7, 11) is 0. The molecule has 3 heterocycles. The van der Waals surface area contributed by atoms with E-state index in [2.05, 4.69) is 15.0 Å². The Morgan fingerprint density at radius 3 is 2.76 bits per heavy atom. The van der Waals surface area contributed by atoms with Crippen molar-refractivity contribution in [2.75, 3.05) is 0 Å². The number of hydrogen-bond acceptors (Lipinski definition) is 4. The van der Waals surface area contributed by atoms with Crippen LogP contribution in [0.5, 0.6) is 0 Å². The van der Waals surface area contributed by atoms with Gasteiger partial charge in [-0.1, -0.05) is 0 Å². The normalized spacial score (nSPS) is 10.9. The van der Waals surface area contributed by atoms with Crippen LogP contribution in [0.15, 0.2) is 35.6 Å². The van der Waals surface area contributed by atoms with E-state index < -0.39 is 0 Å². The average Bonchev–Trinajstić information content (AvgIpc) is 2.69. The lowest BCUT2D eigenvalue weighted by molar-refractivity contribution is 1.18. The van der Waals surface area contributed by atoms with E-state index in [4.69, 9.17) is 0 Å². The maximum Gasteiger partial charge on any atom is 0.259 e. The van der Waals surface area contributed by atoms with Gasteiger partial charge < -0.3 is 4.98 Å². The highest BCUT2D eigenvalue weighted by molar-refractivity contribution is 7.22.